The Morgan fingerprint density at radius 2 is 1.81 bits per heavy atom. The van der Waals surface area contributed by atoms with E-state index in [9.17, 15) is 9.59 Å². The number of nitrogens with zero attached hydrogens (tertiary/aromatic N) is 2. The van der Waals surface area contributed by atoms with Crippen molar-refractivity contribution in [2.75, 3.05) is 11.1 Å². The van der Waals surface area contributed by atoms with Crippen molar-refractivity contribution in [3.63, 3.8) is 0 Å². The number of anilines is 1. The molecule has 1 amide bonds. The molecule has 2 heterocycles. The SMILES string of the molecule is CCCCn1c(SCC(=O)Nc2ccccc2)nc2c(-c3ccccc3)c[nH]c2c1=O. The first-order valence-electron chi connectivity index (χ1n) is 10.3. The Hall–Kier alpha value is -3.32. The summed E-state index contributed by atoms with van der Waals surface area (Å²) < 4.78 is 1.68. The first-order valence-corrected chi connectivity index (χ1v) is 11.3. The highest BCUT2D eigenvalue weighted by Gasteiger charge is 2.17. The normalized spacial score (nSPS) is 11.0. The molecule has 0 atom stereocenters. The van der Waals surface area contributed by atoms with Gasteiger partial charge in [-0.15, -0.1) is 0 Å². The van der Waals surface area contributed by atoms with Gasteiger partial charge in [0, 0.05) is 24.0 Å². The molecule has 2 N–H and O–H groups in total. The van der Waals surface area contributed by atoms with Crippen molar-refractivity contribution < 1.29 is 4.79 Å². The number of hydrogen-bond donors (Lipinski definition) is 2. The average molecular weight is 433 g/mol. The van der Waals surface area contributed by atoms with Crippen molar-refractivity contribution in [3.8, 4) is 11.1 Å². The van der Waals surface area contributed by atoms with Crippen LogP contribution in [-0.2, 0) is 11.3 Å². The minimum atomic E-state index is -0.134. The molecule has 0 saturated carbocycles. The van der Waals surface area contributed by atoms with Gasteiger partial charge in [-0.1, -0.05) is 73.6 Å². The van der Waals surface area contributed by atoms with Crippen LogP contribution in [0.1, 0.15) is 19.8 Å². The van der Waals surface area contributed by atoms with Crippen LogP contribution in [0.4, 0.5) is 5.69 Å². The molecule has 0 bridgehead atoms. The number of hydrogen-bond acceptors (Lipinski definition) is 4. The molecule has 0 unspecified atom stereocenters. The number of aromatic nitrogens is 3. The van der Waals surface area contributed by atoms with Gasteiger partial charge in [0.05, 0.1) is 5.75 Å². The van der Waals surface area contributed by atoms with E-state index in [1.807, 2.05) is 66.9 Å². The Bertz CT molecular complexity index is 1230. The lowest BCUT2D eigenvalue weighted by Crippen LogP contribution is -2.24. The molecule has 4 rings (SSSR count). The third kappa shape index (κ3) is 4.72. The Morgan fingerprint density at radius 1 is 1.10 bits per heavy atom. The van der Waals surface area contributed by atoms with Crippen molar-refractivity contribution in [1.29, 1.82) is 0 Å². The Labute approximate surface area is 184 Å². The molecule has 2 aromatic carbocycles. The summed E-state index contributed by atoms with van der Waals surface area (Å²) in [5, 5.41) is 3.44. The molecule has 4 aromatic rings. The van der Waals surface area contributed by atoms with E-state index >= 15 is 0 Å². The number of amides is 1. The van der Waals surface area contributed by atoms with E-state index in [2.05, 4.69) is 17.2 Å². The maximum absolute atomic E-state index is 13.2. The molecular formula is C24H24N4O2S. The molecule has 0 aliphatic carbocycles. The second-order valence-electron chi connectivity index (χ2n) is 7.20. The molecule has 0 radical (unpaired) electrons. The summed E-state index contributed by atoms with van der Waals surface area (Å²) in [6.45, 7) is 2.65. The molecule has 0 aliphatic heterocycles. The van der Waals surface area contributed by atoms with Crippen molar-refractivity contribution in [3.05, 3.63) is 77.2 Å². The summed E-state index contributed by atoms with van der Waals surface area (Å²) in [5.41, 5.74) is 3.64. The Morgan fingerprint density at radius 3 is 2.52 bits per heavy atom. The molecule has 0 fully saturated rings. The number of fused-ring (bicyclic) bond motifs is 1. The molecule has 6 nitrogen and oxygen atoms in total. The molecule has 158 valence electrons. The Kier molecular flexibility index (Phi) is 6.52. The second kappa shape index (κ2) is 9.66. The molecule has 0 aliphatic rings. The molecule has 31 heavy (non-hydrogen) atoms. The van der Waals surface area contributed by atoms with Gasteiger partial charge >= 0.3 is 0 Å². The monoisotopic (exact) mass is 432 g/mol. The number of thioether (sulfide) groups is 1. The number of benzene rings is 2. The van der Waals surface area contributed by atoms with Crippen molar-refractivity contribution in [2.24, 2.45) is 0 Å². The van der Waals surface area contributed by atoms with Gasteiger partial charge in [0.25, 0.3) is 5.56 Å². The van der Waals surface area contributed by atoms with Crippen LogP contribution in [0.2, 0.25) is 0 Å². The quantitative estimate of drug-likeness (QED) is 0.306. The number of unbranched alkanes of at least 4 members (excludes halogenated alkanes) is 1. The van der Waals surface area contributed by atoms with Gasteiger partial charge in [0.2, 0.25) is 5.91 Å². The topological polar surface area (TPSA) is 79.8 Å². The first kappa shape index (κ1) is 20.9. The lowest BCUT2D eigenvalue weighted by molar-refractivity contribution is -0.113. The van der Waals surface area contributed by atoms with Crippen molar-refractivity contribution in [1.82, 2.24) is 14.5 Å². The van der Waals surface area contributed by atoms with Gasteiger partial charge in [-0.05, 0) is 24.1 Å². The average Bonchev–Trinajstić information content (AvgIpc) is 3.23. The summed E-state index contributed by atoms with van der Waals surface area (Å²) in [6, 6.07) is 19.2. The van der Waals surface area contributed by atoms with E-state index in [1.54, 1.807) is 4.57 Å². The number of para-hydroxylation sites is 1. The van der Waals surface area contributed by atoms with Crippen molar-refractivity contribution >= 4 is 34.4 Å². The highest BCUT2D eigenvalue weighted by Crippen LogP contribution is 2.27. The zero-order valence-corrected chi connectivity index (χ0v) is 18.1. The summed E-state index contributed by atoms with van der Waals surface area (Å²) in [7, 11) is 0. The van der Waals surface area contributed by atoms with E-state index in [4.69, 9.17) is 4.98 Å². The summed E-state index contributed by atoms with van der Waals surface area (Å²) in [5.74, 6) is 0.0364. The van der Waals surface area contributed by atoms with Crippen LogP contribution in [0.5, 0.6) is 0 Å². The van der Waals surface area contributed by atoms with E-state index in [1.165, 1.54) is 11.8 Å². The summed E-state index contributed by atoms with van der Waals surface area (Å²) in [4.78, 5) is 33.6. The molecule has 2 aromatic heterocycles. The highest BCUT2D eigenvalue weighted by atomic mass is 32.2. The smallest absolute Gasteiger partial charge is 0.278 e. The lowest BCUT2D eigenvalue weighted by atomic mass is 10.1. The van der Waals surface area contributed by atoms with Gasteiger partial charge in [0.1, 0.15) is 11.0 Å². The van der Waals surface area contributed by atoms with Crippen LogP contribution in [0.25, 0.3) is 22.2 Å². The third-order valence-electron chi connectivity index (χ3n) is 4.96. The number of rotatable bonds is 8. The fourth-order valence-corrected chi connectivity index (χ4v) is 4.20. The predicted molar refractivity (Wildman–Crippen MR) is 126 cm³/mol. The second-order valence-corrected chi connectivity index (χ2v) is 8.14. The van der Waals surface area contributed by atoms with Crippen LogP contribution in [0.3, 0.4) is 0 Å². The van der Waals surface area contributed by atoms with Crippen LogP contribution < -0.4 is 10.9 Å². The number of H-pyrrole nitrogens is 1. The molecular weight excluding hydrogens is 408 g/mol. The van der Waals surface area contributed by atoms with E-state index in [0.29, 0.717) is 22.7 Å². The minimum Gasteiger partial charge on any atom is -0.355 e. The van der Waals surface area contributed by atoms with Gasteiger partial charge in [0.15, 0.2) is 5.16 Å². The largest absolute Gasteiger partial charge is 0.355 e. The van der Waals surface area contributed by atoms with Crippen LogP contribution >= 0.6 is 11.8 Å². The van der Waals surface area contributed by atoms with Crippen LogP contribution in [0.15, 0.2) is 76.8 Å². The predicted octanol–water partition coefficient (Wildman–Crippen LogP) is 4.92. The fraction of sp³-hybridized carbons (Fsp3) is 0.208. The van der Waals surface area contributed by atoms with E-state index in [-0.39, 0.29) is 17.2 Å². The third-order valence-corrected chi connectivity index (χ3v) is 5.94. The molecule has 0 saturated heterocycles. The van der Waals surface area contributed by atoms with Gasteiger partial charge in [-0.2, -0.15) is 0 Å². The van der Waals surface area contributed by atoms with E-state index < -0.39 is 0 Å². The number of nitrogens with one attached hydrogen (secondary N) is 2. The minimum absolute atomic E-state index is 0.105. The van der Waals surface area contributed by atoms with Crippen LogP contribution in [-0.4, -0.2) is 26.2 Å². The zero-order chi connectivity index (χ0) is 21.6. The standard InChI is InChI=1S/C24H24N4O2S/c1-2-3-14-28-23(30)22-21(19(15-25-22)17-10-6-4-7-11-17)27-24(28)31-16-20(29)26-18-12-8-5-9-13-18/h4-13,15,25H,2-3,14,16H2,1H3,(H,26,29). The zero-order valence-electron chi connectivity index (χ0n) is 17.3. The maximum Gasteiger partial charge on any atom is 0.278 e. The van der Waals surface area contributed by atoms with Crippen molar-refractivity contribution in [2.45, 2.75) is 31.5 Å². The first-order chi connectivity index (χ1) is 15.2. The highest BCUT2D eigenvalue weighted by molar-refractivity contribution is 7.99. The molecule has 0 spiro atoms. The number of carbonyl (C=O) groups is 1. The maximum atomic E-state index is 13.2. The van der Waals surface area contributed by atoms with Gasteiger partial charge in [-0.25, -0.2) is 4.98 Å². The molecule has 7 heteroatoms. The summed E-state index contributed by atoms with van der Waals surface area (Å²) in [6.07, 6.45) is 3.65. The fourth-order valence-electron chi connectivity index (χ4n) is 3.38. The van der Waals surface area contributed by atoms with Crippen LogP contribution in [0, 0.1) is 0 Å². The van der Waals surface area contributed by atoms with E-state index in [0.717, 1.165) is 29.7 Å². The Balaban J connectivity index is 1.66. The number of carbonyl (C=O) groups excluding carboxylic acids is 1. The number of aromatic amines is 1. The van der Waals surface area contributed by atoms with Gasteiger partial charge < -0.3 is 10.3 Å². The van der Waals surface area contributed by atoms with Gasteiger partial charge in [-0.3, -0.25) is 14.2 Å². The summed E-state index contributed by atoms with van der Waals surface area (Å²) >= 11 is 1.29. The lowest BCUT2D eigenvalue weighted by Gasteiger charge is -2.12.